The van der Waals surface area contributed by atoms with Gasteiger partial charge in [-0.05, 0) is 48.6 Å². The van der Waals surface area contributed by atoms with Crippen LogP contribution < -0.4 is 0 Å². The van der Waals surface area contributed by atoms with Crippen molar-refractivity contribution in [2.24, 2.45) is 0 Å². The van der Waals surface area contributed by atoms with Gasteiger partial charge in [-0.3, -0.25) is 4.98 Å². The van der Waals surface area contributed by atoms with Gasteiger partial charge in [0.2, 0.25) is 10.0 Å². The maximum absolute atomic E-state index is 13.4. The van der Waals surface area contributed by atoms with Crippen molar-refractivity contribution in [3.8, 4) is 0 Å². The van der Waals surface area contributed by atoms with Gasteiger partial charge in [-0.15, -0.1) is 0 Å². The molecule has 2 heterocycles. The summed E-state index contributed by atoms with van der Waals surface area (Å²) in [6.45, 7) is 0.359. The maximum atomic E-state index is 13.4. The third-order valence-corrected chi connectivity index (χ3v) is 7.44. The van der Waals surface area contributed by atoms with Gasteiger partial charge in [-0.1, -0.05) is 48.5 Å². The highest BCUT2D eigenvalue weighted by Crippen LogP contribution is 2.38. The summed E-state index contributed by atoms with van der Waals surface area (Å²) in [7, 11) is -3.68. The van der Waals surface area contributed by atoms with Crippen LogP contribution in [-0.2, 0) is 22.9 Å². The van der Waals surface area contributed by atoms with Crippen LogP contribution in [0.25, 0.3) is 0 Å². The number of sulfonamides is 1. The lowest BCUT2D eigenvalue weighted by atomic mass is 9.95. The molecule has 0 saturated carbocycles. The molecule has 6 heteroatoms. The van der Waals surface area contributed by atoms with Crippen LogP contribution in [-0.4, -0.2) is 35.4 Å². The monoisotopic (exact) mass is 408 g/mol. The molecular formula is C23H24N2O3S. The van der Waals surface area contributed by atoms with Crippen LogP contribution in [0.15, 0.2) is 84.0 Å². The minimum Gasteiger partial charge on any atom is -0.387 e. The Kier molecular flexibility index (Phi) is 5.76. The molecule has 0 radical (unpaired) electrons. The average molecular weight is 409 g/mol. The number of benzene rings is 2. The van der Waals surface area contributed by atoms with E-state index in [-0.39, 0.29) is 4.90 Å². The Bertz CT molecular complexity index is 1060. The molecule has 150 valence electrons. The van der Waals surface area contributed by atoms with Crippen LogP contribution in [0.1, 0.15) is 29.2 Å². The largest absolute Gasteiger partial charge is 0.387 e. The first kappa shape index (κ1) is 19.8. The summed E-state index contributed by atoms with van der Waals surface area (Å²) >= 11 is 0. The highest BCUT2D eigenvalue weighted by atomic mass is 32.2. The van der Waals surface area contributed by atoms with Crippen molar-refractivity contribution in [1.82, 2.24) is 9.29 Å². The van der Waals surface area contributed by atoms with Gasteiger partial charge < -0.3 is 5.11 Å². The zero-order valence-electron chi connectivity index (χ0n) is 16.1. The molecule has 1 aliphatic rings. The number of hydrogen-bond donors (Lipinski definition) is 1. The standard InChI is InChI=1S/C23H24N2O3S/c26-23-20-10-4-5-11-22(20)29(27,28)25(16-6-9-18-7-2-1-3-8-18)21(23)17-19-12-14-24-15-13-19/h1-5,7-8,10-15,21,23,26H,6,9,16-17H2/t21-,23-/m1/s1. The maximum Gasteiger partial charge on any atom is 0.243 e. The van der Waals surface area contributed by atoms with E-state index in [0.29, 0.717) is 24.9 Å². The van der Waals surface area contributed by atoms with E-state index in [1.165, 1.54) is 9.87 Å². The Labute approximate surface area is 171 Å². The van der Waals surface area contributed by atoms with Gasteiger partial charge in [0.05, 0.1) is 17.0 Å². The van der Waals surface area contributed by atoms with Gasteiger partial charge in [0, 0.05) is 24.5 Å². The van der Waals surface area contributed by atoms with Crippen molar-refractivity contribution >= 4 is 10.0 Å². The third-order valence-electron chi connectivity index (χ3n) is 5.44. The Morgan fingerprint density at radius 3 is 2.34 bits per heavy atom. The van der Waals surface area contributed by atoms with Crippen molar-refractivity contribution in [2.75, 3.05) is 6.54 Å². The Balaban J connectivity index is 1.64. The van der Waals surface area contributed by atoms with Crippen LogP contribution in [0.5, 0.6) is 0 Å². The zero-order valence-corrected chi connectivity index (χ0v) is 16.9. The second-order valence-electron chi connectivity index (χ2n) is 7.31. The molecule has 0 bridgehead atoms. The normalized spacial score (nSPS) is 20.9. The molecule has 0 aliphatic carbocycles. The van der Waals surface area contributed by atoms with E-state index in [2.05, 4.69) is 4.98 Å². The molecule has 1 aromatic heterocycles. The van der Waals surface area contributed by atoms with E-state index in [1.54, 1.807) is 36.7 Å². The highest BCUT2D eigenvalue weighted by Gasteiger charge is 2.43. The van der Waals surface area contributed by atoms with E-state index >= 15 is 0 Å². The summed E-state index contributed by atoms with van der Waals surface area (Å²) in [5.41, 5.74) is 2.60. The zero-order chi connectivity index (χ0) is 20.3. The predicted octanol–water partition coefficient (Wildman–Crippen LogP) is 3.36. The fraction of sp³-hybridized carbons (Fsp3) is 0.261. The molecule has 1 aliphatic heterocycles. The number of aliphatic hydroxyl groups excluding tert-OH is 1. The molecule has 2 aromatic carbocycles. The fourth-order valence-corrected chi connectivity index (χ4v) is 5.88. The van der Waals surface area contributed by atoms with E-state index < -0.39 is 22.2 Å². The van der Waals surface area contributed by atoms with Crippen LogP contribution in [0.2, 0.25) is 0 Å². The second-order valence-corrected chi connectivity index (χ2v) is 9.17. The van der Waals surface area contributed by atoms with Gasteiger partial charge in [0.1, 0.15) is 0 Å². The number of aromatic nitrogens is 1. The van der Waals surface area contributed by atoms with Crippen molar-refractivity contribution in [3.63, 3.8) is 0 Å². The molecule has 0 spiro atoms. The molecule has 0 fully saturated rings. The molecule has 3 aromatic rings. The minimum absolute atomic E-state index is 0.207. The summed E-state index contributed by atoms with van der Waals surface area (Å²) in [6, 6.07) is 20.0. The van der Waals surface area contributed by atoms with Crippen molar-refractivity contribution in [2.45, 2.75) is 36.3 Å². The van der Waals surface area contributed by atoms with E-state index in [9.17, 15) is 13.5 Å². The summed E-state index contributed by atoms with van der Waals surface area (Å²) in [5.74, 6) is 0. The predicted molar refractivity (Wildman–Crippen MR) is 112 cm³/mol. The van der Waals surface area contributed by atoms with Crippen LogP contribution >= 0.6 is 0 Å². The van der Waals surface area contributed by atoms with Gasteiger partial charge in [0.15, 0.2) is 0 Å². The summed E-state index contributed by atoms with van der Waals surface area (Å²) in [4.78, 5) is 4.24. The van der Waals surface area contributed by atoms with Crippen LogP contribution in [0.4, 0.5) is 0 Å². The third kappa shape index (κ3) is 4.10. The number of pyridine rings is 1. The number of rotatable bonds is 6. The molecule has 0 saturated heterocycles. The molecule has 29 heavy (non-hydrogen) atoms. The van der Waals surface area contributed by atoms with Crippen molar-refractivity contribution in [1.29, 1.82) is 0 Å². The number of fused-ring (bicyclic) bond motifs is 1. The summed E-state index contributed by atoms with van der Waals surface area (Å²) in [5, 5.41) is 11.1. The number of aryl methyl sites for hydroxylation is 1. The summed E-state index contributed by atoms with van der Waals surface area (Å²) < 4.78 is 28.3. The molecular weight excluding hydrogens is 384 g/mol. The van der Waals surface area contributed by atoms with Crippen LogP contribution in [0, 0.1) is 0 Å². The molecule has 0 amide bonds. The first-order valence-electron chi connectivity index (χ1n) is 9.79. The van der Waals surface area contributed by atoms with Gasteiger partial charge in [-0.2, -0.15) is 4.31 Å². The quantitative estimate of drug-likeness (QED) is 0.679. The lowest BCUT2D eigenvalue weighted by Crippen LogP contribution is -2.49. The minimum atomic E-state index is -3.68. The van der Waals surface area contributed by atoms with Crippen molar-refractivity contribution < 1.29 is 13.5 Å². The van der Waals surface area contributed by atoms with Crippen LogP contribution in [0.3, 0.4) is 0 Å². The first-order valence-corrected chi connectivity index (χ1v) is 11.2. The smallest absolute Gasteiger partial charge is 0.243 e. The number of hydrogen-bond acceptors (Lipinski definition) is 4. The second kappa shape index (κ2) is 8.45. The van der Waals surface area contributed by atoms with Crippen molar-refractivity contribution in [3.05, 3.63) is 95.8 Å². The topological polar surface area (TPSA) is 70.5 Å². The van der Waals surface area contributed by atoms with Gasteiger partial charge in [-0.25, -0.2) is 8.42 Å². The van der Waals surface area contributed by atoms with E-state index in [4.69, 9.17) is 0 Å². The number of aliphatic hydroxyl groups is 1. The van der Waals surface area contributed by atoms with E-state index in [0.717, 1.165) is 12.0 Å². The molecule has 4 rings (SSSR count). The fourth-order valence-electron chi connectivity index (χ4n) is 3.97. The molecule has 2 atom stereocenters. The highest BCUT2D eigenvalue weighted by molar-refractivity contribution is 7.89. The first-order chi connectivity index (χ1) is 14.1. The average Bonchev–Trinajstić information content (AvgIpc) is 2.75. The molecule has 5 nitrogen and oxygen atoms in total. The SMILES string of the molecule is O=S1(=O)c2ccccc2[C@@H](O)[C@@H](Cc2ccncc2)N1CCCc1ccccc1. The summed E-state index contributed by atoms with van der Waals surface area (Å²) in [6.07, 6.45) is 4.40. The molecule has 1 N–H and O–H groups in total. The van der Waals surface area contributed by atoms with E-state index in [1.807, 2.05) is 42.5 Å². The number of nitrogens with zero attached hydrogens (tertiary/aromatic N) is 2. The Hall–Kier alpha value is -2.54. The molecule has 0 unspecified atom stereocenters. The lowest BCUT2D eigenvalue weighted by molar-refractivity contribution is 0.0792. The lowest BCUT2D eigenvalue weighted by Gasteiger charge is -2.39. The Morgan fingerprint density at radius 1 is 0.897 bits per heavy atom. The Morgan fingerprint density at radius 2 is 1.59 bits per heavy atom. The van der Waals surface area contributed by atoms with Gasteiger partial charge in [0.25, 0.3) is 0 Å². The van der Waals surface area contributed by atoms with Gasteiger partial charge >= 0.3 is 0 Å².